The summed E-state index contributed by atoms with van der Waals surface area (Å²) in [5.41, 5.74) is 0.0579. The SMILES string of the molecule is O=[N+]([O-])c1cnn(C2CCC(CCO)CC2)c1. The summed E-state index contributed by atoms with van der Waals surface area (Å²) >= 11 is 0. The van der Waals surface area contributed by atoms with Crippen molar-refractivity contribution in [3.63, 3.8) is 0 Å². The number of hydrogen-bond acceptors (Lipinski definition) is 4. The summed E-state index contributed by atoms with van der Waals surface area (Å²) in [6.45, 7) is 0.253. The zero-order valence-electron chi connectivity index (χ0n) is 9.66. The Kier molecular flexibility index (Phi) is 3.73. The van der Waals surface area contributed by atoms with Gasteiger partial charge in [-0.2, -0.15) is 5.10 Å². The number of nitro groups is 1. The highest BCUT2D eigenvalue weighted by molar-refractivity contribution is 5.21. The molecule has 1 heterocycles. The summed E-state index contributed by atoms with van der Waals surface area (Å²) in [6.07, 6.45) is 7.80. The molecular formula is C11H17N3O3. The number of rotatable bonds is 4. The topological polar surface area (TPSA) is 81.2 Å². The third-order valence-electron chi connectivity index (χ3n) is 3.53. The third-order valence-corrected chi connectivity index (χ3v) is 3.53. The molecule has 17 heavy (non-hydrogen) atoms. The lowest BCUT2D eigenvalue weighted by molar-refractivity contribution is -0.385. The summed E-state index contributed by atoms with van der Waals surface area (Å²) in [5, 5.41) is 23.5. The highest BCUT2D eigenvalue weighted by atomic mass is 16.6. The van der Waals surface area contributed by atoms with E-state index in [-0.39, 0.29) is 18.3 Å². The van der Waals surface area contributed by atoms with Crippen LogP contribution in [0.3, 0.4) is 0 Å². The normalized spacial score (nSPS) is 24.8. The van der Waals surface area contributed by atoms with Crippen LogP contribution in [0.2, 0.25) is 0 Å². The molecule has 0 radical (unpaired) electrons. The Morgan fingerprint density at radius 1 is 1.47 bits per heavy atom. The van der Waals surface area contributed by atoms with Crippen molar-refractivity contribution in [3.8, 4) is 0 Å². The third kappa shape index (κ3) is 2.82. The Morgan fingerprint density at radius 2 is 2.18 bits per heavy atom. The van der Waals surface area contributed by atoms with Crippen LogP contribution in [0.1, 0.15) is 38.1 Å². The first-order valence-corrected chi connectivity index (χ1v) is 6.00. The van der Waals surface area contributed by atoms with Crippen molar-refractivity contribution >= 4 is 5.69 Å². The zero-order valence-corrected chi connectivity index (χ0v) is 9.66. The van der Waals surface area contributed by atoms with Crippen molar-refractivity contribution in [2.24, 2.45) is 5.92 Å². The van der Waals surface area contributed by atoms with Gasteiger partial charge < -0.3 is 5.11 Å². The van der Waals surface area contributed by atoms with Gasteiger partial charge in [-0.15, -0.1) is 0 Å². The van der Waals surface area contributed by atoms with Gasteiger partial charge in [-0.3, -0.25) is 14.8 Å². The minimum atomic E-state index is -0.416. The molecule has 0 bridgehead atoms. The molecule has 0 aliphatic heterocycles. The van der Waals surface area contributed by atoms with Crippen LogP contribution in [-0.2, 0) is 0 Å². The first kappa shape index (κ1) is 12.0. The number of hydrogen-bond donors (Lipinski definition) is 1. The summed E-state index contributed by atoms with van der Waals surface area (Å²) in [6, 6.07) is 0.277. The van der Waals surface area contributed by atoms with Crippen LogP contribution >= 0.6 is 0 Å². The van der Waals surface area contributed by atoms with Crippen molar-refractivity contribution in [2.75, 3.05) is 6.61 Å². The van der Waals surface area contributed by atoms with Gasteiger partial charge in [0.1, 0.15) is 12.4 Å². The molecule has 6 nitrogen and oxygen atoms in total. The van der Waals surface area contributed by atoms with Crippen LogP contribution in [-0.4, -0.2) is 26.4 Å². The summed E-state index contributed by atoms with van der Waals surface area (Å²) < 4.78 is 1.72. The van der Waals surface area contributed by atoms with Crippen molar-refractivity contribution in [1.29, 1.82) is 0 Å². The number of aliphatic hydroxyl groups is 1. The molecule has 0 unspecified atom stereocenters. The molecule has 0 saturated heterocycles. The second-order valence-electron chi connectivity index (χ2n) is 4.62. The van der Waals surface area contributed by atoms with E-state index in [1.807, 2.05) is 0 Å². The van der Waals surface area contributed by atoms with E-state index in [0.29, 0.717) is 5.92 Å². The van der Waals surface area contributed by atoms with Crippen LogP contribution in [0, 0.1) is 16.0 Å². The second-order valence-corrected chi connectivity index (χ2v) is 4.62. The molecular weight excluding hydrogens is 222 g/mol. The van der Waals surface area contributed by atoms with E-state index in [0.717, 1.165) is 32.1 Å². The van der Waals surface area contributed by atoms with Crippen molar-refractivity contribution in [2.45, 2.75) is 38.1 Å². The molecule has 6 heteroatoms. The summed E-state index contributed by atoms with van der Waals surface area (Å²) in [4.78, 5) is 10.1. The van der Waals surface area contributed by atoms with Crippen LogP contribution in [0.4, 0.5) is 5.69 Å². The minimum Gasteiger partial charge on any atom is -0.396 e. The number of aromatic nitrogens is 2. The van der Waals surface area contributed by atoms with Gasteiger partial charge in [0.15, 0.2) is 0 Å². The number of nitrogens with zero attached hydrogens (tertiary/aromatic N) is 3. The standard InChI is InChI=1S/C11H17N3O3/c15-6-5-9-1-3-10(4-2-9)13-8-11(7-12-13)14(16)17/h7-10,15H,1-6H2. The minimum absolute atomic E-state index is 0.0579. The molecule has 1 aromatic heterocycles. The van der Waals surface area contributed by atoms with E-state index in [4.69, 9.17) is 5.11 Å². The van der Waals surface area contributed by atoms with Crippen LogP contribution < -0.4 is 0 Å². The fourth-order valence-electron chi connectivity index (χ4n) is 2.50. The van der Waals surface area contributed by atoms with E-state index >= 15 is 0 Å². The maximum Gasteiger partial charge on any atom is 0.307 e. The van der Waals surface area contributed by atoms with Crippen LogP contribution in [0.5, 0.6) is 0 Å². The molecule has 1 fully saturated rings. The first-order chi connectivity index (χ1) is 8.20. The quantitative estimate of drug-likeness (QED) is 0.642. The Labute approximate surface area is 99.4 Å². The monoisotopic (exact) mass is 239 g/mol. The fourth-order valence-corrected chi connectivity index (χ4v) is 2.50. The molecule has 1 N–H and O–H groups in total. The van der Waals surface area contributed by atoms with E-state index in [1.165, 1.54) is 12.4 Å². The summed E-state index contributed by atoms with van der Waals surface area (Å²) in [5.74, 6) is 0.599. The largest absolute Gasteiger partial charge is 0.396 e. The maximum absolute atomic E-state index is 10.6. The number of aliphatic hydroxyl groups excluding tert-OH is 1. The molecule has 2 rings (SSSR count). The van der Waals surface area contributed by atoms with E-state index in [2.05, 4.69) is 5.10 Å². The summed E-state index contributed by atoms with van der Waals surface area (Å²) in [7, 11) is 0. The van der Waals surface area contributed by atoms with Crippen molar-refractivity contribution in [1.82, 2.24) is 9.78 Å². The lowest BCUT2D eigenvalue weighted by Crippen LogP contribution is -2.19. The average Bonchev–Trinajstić information content (AvgIpc) is 2.80. The smallest absolute Gasteiger partial charge is 0.307 e. The van der Waals surface area contributed by atoms with Gasteiger partial charge in [0.05, 0.1) is 11.0 Å². The maximum atomic E-state index is 10.6. The van der Waals surface area contributed by atoms with E-state index in [9.17, 15) is 10.1 Å². The van der Waals surface area contributed by atoms with Crippen molar-refractivity contribution < 1.29 is 10.0 Å². The van der Waals surface area contributed by atoms with Gasteiger partial charge in [-0.05, 0) is 38.0 Å². The highest BCUT2D eigenvalue weighted by Gasteiger charge is 2.23. The Morgan fingerprint density at radius 3 is 2.71 bits per heavy atom. The van der Waals surface area contributed by atoms with Gasteiger partial charge in [0.2, 0.25) is 0 Å². The fraction of sp³-hybridized carbons (Fsp3) is 0.727. The highest BCUT2D eigenvalue weighted by Crippen LogP contribution is 2.33. The lowest BCUT2D eigenvalue weighted by Gasteiger charge is -2.28. The molecule has 0 spiro atoms. The van der Waals surface area contributed by atoms with Crippen LogP contribution in [0.25, 0.3) is 0 Å². The van der Waals surface area contributed by atoms with E-state index < -0.39 is 4.92 Å². The second kappa shape index (κ2) is 5.27. The van der Waals surface area contributed by atoms with Gasteiger partial charge in [-0.25, -0.2) is 0 Å². The average molecular weight is 239 g/mol. The first-order valence-electron chi connectivity index (χ1n) is 6.00. The van der Waals surface area contributed by atoms with Crippen LogP contribution in [0.15, 0.2) is 12.4 Å². The molecule has 94 valence electrons. The van der Waals surface area contributed by atoms with E-state index in [1.54, 1.807) is 4.68 Å². The molecule has 1 saturated carbocycles. The molecule has 0 atom stereocenters. The van der Waals surface area contributed by atoms with Gasteiger partial charge in [0, 0.05) is 6.61 Å². The molecule has 0 amide bonds. The van der Waals surface area contributed by atoms with Gasteiger partial charge >= 0.3 is 5.69 Å². The molecule has 1 aliphatic rings. The van der Waals surface area contributed by atoms with Gasteiger partial charge in [-0.1, -0.05) is 0 Å². The molecule has 0 aromatic carbocycles. The Balaban J connectivity index is 1.93. The van der Waals surface area contributed by atoms with Gasteiger partial charge in [0.25, 0.3) is 0 Å². The molecule has 1 aromatic rings. The van der Waals surface area contributed by atoms with Crippen molar-refractivity contribution in [3.05, 3.63) is 22.5 Å². The molecule has 1 aliphatic carbocycles. The zero-order chi connectivity index (χ0) is 12.3. The Hall–Kier alpha value is -1.43. The Bertz CT molecular complexity index is 383. The predicted octanol–water partition coefficient (Wildman–Crippen LogP) is 1.90. The predicted molar refractivity (Wildman–Crippen MR) is 61.6 cm³/mol. The lowest BCUT2D eigenvalue weighted by atomic mass is 9.84.